The molecular weight excluding hydrogens is 231 g/mol. The first-order chi connectivity index (χ1) is 7.16. The summed E-state index contributed by atoms with van der Waals surface area (Å²) in [7, 11) is 0. The zero-order valence-corrected chi connectivity index (χ0v) is 9.55. The third-order valence-electron chi connectivity index (χ3n) is 2.03. The monoisotopic (exact) mass is 238 g/mol. The van der Waals surface area contributed by atoms with E-state index >= 15 is 0 Å². The molecular formula is C11H8Cl2N2. The Morgan fingerprint density at radius 2 is 1.87 bits per heavy atom. The fraction of sp³-hybridized carbons (Fsp3) is 0.0909. The first kappa shape index (κ1) is 10.4. The Hall–Kier alpha value is -1.12. The number of pyridine rings is 2. The van der Waals surface area contributed by atoms with Gasteiger partial charge in [-0.25, -0.2) is 4.98 Å². The van der Waals surface area contributed by atoms with Crippen LogP contribution in [0.25, 0.3) is 11.1 Å². The molecule has 0 amide bonds. The molecule has 0 N–H and O–H groups in total. The summed E-state index contributed by atoms with van der Waals surface area (Å²) in [6.45, 7) is 1.94. The number of nitrogens with zero attached hydrogens (tertiary/aromatic N) is 2. The highest BCUT2D eigenvalue weighted by Crippen LogP contribution is 2.26. The van der Waals surface area contributed by atoms with Crippen molar-refractivity contribution in [2.75, 3.05) is 0 Å². The minimum atomic E-state index is 0.325. The molecule has 76 valence electrons. The zero-order chi connectivity index (χ0) is 10.8. The molecule has 0 spiro atoms. The summed E-state index contributed by atoms with van der Waals surface area (Å²) < 4.78 is 0. The van der Waals surface area contributed by atoms with E-state index in [1.165, 1.54) is 0 Å². The Labute approximate surface area is 97.9 Å². The number of aromatic nitrogens is 2. The third-order valence-corrected chi connectivity index (χ3v) is 2.71. The quantitative estimate of drug-likeness (QED) is 0.708. The van der Waals surface area contributed by atoms with Crippen molar-refractivity contribution in [3.8, 4) is 11.1 Å². The highest BCUT2D eigenvalue weighted by atomic mass is 35.5. The Morgan fingerprint density at radius 3 is 2.53 bits per heavy atom. The van der Waals surface area contributed by atoms with Crippen LogP contribution in [-0.2, 0) is 0 Å². The van der Waals surface area contributed by atoms with Crippen LogP contribution in [0.3, 0.4) is 0 Å². The summed E-state index contributed by atoms with van der Waals surface area (Å²) in [6, 6.07) is 5.68. The van der Waals surface area contributed by atoms with Crippen LogP contribution in [0.2, 0.25) is 10.2 Å². The molecule has 0 aliphatic carbocycles. The van der Waals surface area contributed by atoms with Gasteiger partial charge in [0, 0.05) is 23.7 Å². The van der Waals surface area contributed by atoms with E-state index in [1.807, 2.05) is 19.1 Å². The lowest BCUT2D eigenvalue weighted by molar-refractivity contribution is 1.20. The van der Waals surface area contributed by atoms with Crippen LogP contribution in [0.4, 0.5) is 0 Å². The van der Waals surface area contributed by atoms with Crippen LogP contribution in [0.5, 0.6) is 0 Å². The molecule has 0 aliphatic rings. The summed E-state index contributed by atoms with van der Waals surface area (Å²) >= 11 is 11.6. The van der Waals surface area contributed by atoms with Crippen molar-refractivity contribution in [3.63, 3.8) is 0 Å². The van der Waals surface area contributed by atoms with E-state index < -0.39 is 0 Å². The van der Waals surface area contributed by atoms with Crippen molar-refractivity contribution < 1.29 is 0 Å². The van der Waals surface area contributed by atoms with Crippen LogP contribution in [0, 0.1) is 6.92 Å². The molecule has 0 saturated carbocycles. The molecule has 15 heavy (non-hydrogen) atoms. The highest BCUT2D eigenvalue weighted by Gasteiger charge is 2.03. The van der Waals surface area contributed by atoms with Crippen molar-refractivity contribution in [3.05, 3.63) is 46.5 Å². The van der Waals surface area contributed by atoms with Gasteiger partial charge in [-0.1, -0.05) is 23.2 Å². The predicted octanol–water partition coefficient (Wildman–Crippen LogP) is 3.76. The molecule has 2 rings (SSSR count). The van der Waals surface area contributed by atoms with E-state index in [-0.39, 0.29) is 0 Å². The third kappa shape index (κ3) is 2.28. The smallest absolute Gasteiger partial charge is 0.147 e. The maximum atomic E-state index is 5.89. The Kier molecular flexibility index (Phi) is 2.89. The second-order valence-corrected chi connectivity index (χ2v) is 3.95. The Bertz CT molecular complexity index is 498. The minimum absolute atomic E-state index is 0.325. The van der Waals surface area contributed by atoms with Gasteiger partial charge in [0.2, 0.25) is 0 Å². The molecule has 4 heteroatoms. The van der Waals surface area contributed by atoms with Gasteiger partial charge in [-0.15, -0.1) is 0 Å². The van der Waals surface area contributed by atoms with E-state index in [1.54, 1.807) is 18.5 Å². The first-order valence-corrected chi connectivity index (χ1v) is 5.16. The van der Waals surface area contributed by atoms with Gasteiger partial charge in [0.25, 0.3) is 0 Å². The van der Waals surface area contributed by atoms with Gasteiger partial charge < -0.3 is 0 Å². The number of aryl methyl sites for hydroxylation is 1. The van der Waals surface area contributed by atoms with E-state index in [0.717, 1.165) is 16.8 Å². The number of hydrogen-bond acceptors (Lipinski definition) is 2. The van der Waals surface area contributed by atoms with Gasteiger partial charge in [0.1, 0.15) is 5.15 Å². The fourth-order valence-corrected chi connectivity index (χ4v) is 1.57. The molecule has 0 atom stereocenters. The van der Waals surface area contributed by atoms with Crippen LogP contribution in [0.1, 0.15) is 5.69 Å². The van der Waals surface area contributed by atoms with Crippen molar-refractivity contribution in [2.24, 2.45) is 0 Å². The molecule has 0 saturated heterocycles. The minimum Gasteiger partial charge on any atom is -0.262 e. The normalized spacial score (nSPS) is 10.3. The topological polar surface area (TPSA) is 25.8 Å². The molecule has 0 radical (unpaired) electrons. The number of hydrogen-bond donors (Lipinski definition) is 0. The van der Waals surface area contributed by atoms with E-state index in [2.05, 4.69) is 9.97 Å². The second kappa shape index (κ2) is 4.17. The zero-order valence-electron chi connectivity index (χ0n) is 8.04. The maximum Gasteiger partial charge on any atom is 0.147 e. The van der Waals surface area contributed by atoms with Crippen LogP contribution in [0.15, 0.2) is 30.6 Å². The predicted molar refractivity (Wildman–Crippen MR) is 62.2 cm³/mol. The standard InChI is InChI=1S/C11H8Cl2N2/c1-7-4-8(2-3-14-7)9-5-10(12)11(13)15-6-9/h2-6H,1H3. The number of rotatable bonds is 1. The lowest BCUT2D eigenvalue weighted by Crippen LogP contribution is -1.85. The van der Waals surface area contributed by atoms with Crippen LogP contribution < -0.4 is 0 Å². The van der Waals surface area contributed by atoms with Gasteiger partial charge in [-0.2, -0.15) is 0 Å². The summed E-state index contributed by atoms with van der Waals surface area (Å²) in [5, 5.41) is 0.787. The van der Waals surface area contributed by atoms with Crippen molar-refractivity contribution in [1.82, 2.24) is 9.97 Å². The summed E-state index contributed by atoms with van der Waals surface area (Å²) in [4.78, 5) is 8.12. The first-order valence-electron chi connectivity index (χ1n) is 4.41. The molecule has 2 aromatic rings. The van der Waals surface area contributed by atoms with Gasteiger partial charge in [-0.05, 0) is 30.7 Å². The molecule has 2 aromatic heterocycles. The van der Waals surface area contributed by atoms with Gasteiger partial charge in [0.05, 0.1) is 5.02 Å². The largest absolute Gasteiger partial charge is 0.262 e. The SMILES string of the molecule is Cc1cc(-c2cnc(Cl)c(Cl)c2)ccn1. The average molecular weight is 239 g/mol. The van der Waals surface area contributed by atoms with Crippen LogP contribution in [-0.4, -0.2) is 9.97 Å². The summed E-state index contributed by atoms with van der Waals surface area (Å²) in [5.74, 6) is 0. The van der Waals surface area contributed by atoms with Gasteiger partial charge in [0.15, 0.2) is 0 Å². The Morgan fingerprint density at radius 1 is 1.07 bits per heavy atom. The van der Waals surface area contributed by atoms with E-state index in [4.69, 9.17) is 23.2 Å². The molecule has 0 fully saturated rings. The van der Waals surface area contributed by atoms with E-state index in [0.29, 0.717) is 10.2 Å². The van der Waals surface area contributed by atoms with Crippen molar-refractivity contribution in [1.29, 1.82) is 0 Å². The molecule has 2 nitrogen and oxygen atoms in total. The second-order valence-electron chi connectivity index (χ2n) is 3.18. The molecule has 0 aromatic carbocycles. The maximum absolute atomic E-state index is 5.89. The molecule has 0 unspecified atom stereocenters. The van der Waals surface area contributed by atoms with E-state index in [9.17, 15) is 0 Å². The summed E-state index contributed by atoms with van der Waals surface area (Å²) in [5.41, 5.74) is 2.93. The highest BCUT2D eigenvalue weighted by molar-refractivity contribution is 6.41. The molecule has 0 aliphatic heterocycles. The Balaban J connectivity index is 2.50. The van der Waals surface area contributed by atoms with Gasteiger partial charge in [-0.3, -0.25) is 4.98 Å². The molecule has 2 heterocycles. The lowest BCUT2D eigenvalue weighted by Gasteiger charge is -2.03. The van der Waals surface area contributed by atoms with Crippen LogP contribution >= 0.6 is 23.2 Å². The molecule has 0 bridgehead atoms. The number of halogens is 2. The van der Waals surface area contributed by atoms with Gasteiger partial charge >= 0.3 is 0 Å². The average Bonchev–Trinajstić information content (AvgIpc) is 2.22. The lowest BCUT2D eigenvalue weighted by atomic mass is 10.1. The van der Waals surface area contributed by atoms with Crippen molar-refractivity contribution in [2.45, 2.75) is 6.92 Å². The fourth-order valence-electron chi connectivity index (χ4n) is 1.30. The summed E-state index contributed by atoms with van der Waals surface area (Å²) in [6.07, 6.45) is 3.45. The van der Waals surface area contributed by atoms with Crippen molar-refractivity contribution >= 4 is 23.2 Å².